The second kappa shape index (κ2) is 7.62. The van der Waals surface area contributed by atoms with Crippen LogP contribution < -0.4 is 20.1 Å². The van der Waals surface area contributed by atoms with Gasteiger partial charge in [0, 0.05) is 42.7 Å². The van der Waals surface area contributed by atoms with E-state index in [2.05, 4.69) is 5.32 Å². The third kappa shape index (κ3) is 3.48. The second-order valence-electron chi connectivity index (χ2n) is 7.42. The number of nitrogens with two attached hydrogens (primary N) is 1. The zero-order valence-electron chi connectivity index (χ0n) is 16.8. The van der Waals surface area contributed by atoms with Crippen molar-refractivity contribution in [3.05, 3.63) is 65.7 Å². The molecule has 1 aliphatic rings. The molecular weight excluding hydrogens is 402 g/mol. The highest BCUT2D eigenvalue weighted by atomic mass is 32.2. The van der Waals surface area contributed by atoms with Gasteiger partial charge < -0.3 is 20.1 Å². The third-order valence-corrected chi connectivity index (χ3v) is 6.59. The van der Waals surface area contributed by atoms with Crippen molar-refractivity contribution in [2.75, 3.05) is 25.5 Å². The Morgan fingerprint density at radius 3 is 2.50 bits per heavy atom. The maximum atomic E-state index is 13.3. The van der Waals surface area contributed by atoms with Crippen LogP contribution in [0.2, 0.25) is 0 Å². The quantitative estimate of drug-likeness (QED) is 0.609. The number of rotatable bonds is 5. The summed E-state index contributed by atoms with van der Waals surface area (Å²) in [4.78, 5) is 13.8. The van der Waals surface area contributed by atoms with Gasteiger partial charge in [-0.2, -0.15) is 8.42 Å². The Balaban J connectivity index is 1.80. The summed E-state index contributed by atoms with van der Waals surface area (Å²) in [5.74, 6) is -0.290. The minimum absolute atomic E-state index is 0.0988. The maximum Gasteiger partial charge on any atom is 0.339 e. The Morgan fingerprint density at radius 2 is 1.77 bits per heavy atom. The first-order chi connectivity index (χ1) is 14.3. The van der Waals surface area contributed by atoms with Gasteiger partial charge in [-0.1, -0.05) is 36.4 Å². The van der Waals surface area contributed by atoms with Gasteiger partial charge in [0.1, 0.15) is 16.7 Å². The molecule has 1 unspecified atom stereocenters. The van der Waals surface area contributed by atoms with Crippen LogP contribution in [0.25, 0.3) is 10.8 Å². The van der Waals surface area contributed by atoms with E-state index in [9.17, 15) is 13.2 Å². The molecule has 1 amide bonds. The number of primary amides is 1. The Bertz CT molecular complexity index is 1240. The molecule has 3 aromatic carbocycles. The van der Waals surface area contributed by atoms with Crippen molar-refractivity contribution < 1.29 is 17.4 Å². The first-order valence-electron chi connectivity index (χ1n) is 9.57. The number of fused-ring (bicyclic) bond motifs is 2. The van der Waals surface area contributed by atoms with Crippen molar-refractivity contribution in [3.63, 3.8) is 0 Å². The molecule has 0 bridgehead atoms. The Hall–Kier alpha value is -3.10. The van der Waals surface area contributed by atoms with Gasteiger partial charge >= 0.3 is 10.1 Å². The van der Waals surface area contributed by atoms with E-state index < -0.39 is 22.1 Å². The van der Waals surface area contributed by atoms with Gasteiger partial charge in [0.05, 0.1) is 0 Å². The van der Waals surface area contributed by atoms with E-state index >= 15 is 0 Å². The number of amides is 1. The molecular formula is C22H23N3O4S. The van der Waals surface area contributed by atoms with Crippen LogP contribution in [0, 0.1) is 0 Å². The highest BCUT2D eigenvalue weighted by Crippen LogP contribution is 2.35. The zero-order valence-corrected chi connectivity index (χ0v) is 17.6. The topological polar surface area (TPSA) is 102 Å². The minimum Gasteiger partial charge on any atom is -0.379 e. The number of hydrogen-bond acceptors (Lipinski definition) is 6. The fourth-order valence-electron chi connectivity index (χ4n) is 3.94. The molecule has 3 aromatic rings. The first kappa shape index (κ1) is 20.2. The van der Waals surface area contributed by atoms with E-state index in [0.29, 0.717) is 29.5 Å². The molecule has 1 atom stereocenters. The van der Waals surface area contributed by atoms with Crippen LogP contribution in [-0.4, -0.2) is 35.0 Å². The molecule has 0 aromatic heterocycles. The summed E-state index contributed by atoms with van der Waals surface area (Å²) >= 11 is 0. The summed E-state index contributed by atoms with van der Waals surface area (Å²) < 4.78 is 32.1. The van der Waals surface area contributed by atoms with E-state index in [0.717, 1.165) is 11.1 Å². The molecule has 1 heterocycles. The van der Waals surface area contributed by atoms with Crippen molar-refractivity contribution in [1.82, 2.24) is 5.32 Å². The van der Waals surface area contributed by atoms with Gasteiger partial charge in [0.15, 0.2) is 0 Å². The van der Waals surface area contributed by atoms with Crippen molar-refractivity contribution >= 4 is 32.5 Å². The molecule has 0 saturated heterocycles. The van der Waals surface area contributed by atoms with Crippen LogP contribution in [0.5, 0.6) is 5.75 Å². The van der Waals surface area contributed by atoms with E-state index in [1.807, 2.05) is 37.2 Å². The first-order valence-corrected chi connectivity index (χ1v) is 11.0. The van der Waals surface area contributed by atoms with E-state index in [4.69, 9.17) is 9.92 Å². The van der Waals surface area contributed by atoms with Crippen LogP contribution in [-0.2, 0) is 21.3 Å². The number of benzene rings is 3. The fraction of sp³-hybridized carbons (Fsp3) is 0.227. The number of anilines is 1. The highest BCUT2D eigenvalue weighted by Gasteiger charge is 2.29. The molecule has 1 aliphatic heterocycles. The maximum absolute atomic E-state index is 13.3. The van der Waals surface area contributed by atoms with Gasteiger partial charge in [-0.3, -0.25) is 4.79 Å². The van der Waals surface area contributed by atoms with E-state index in [1.165, 1.54) is 0 Å². The molecule has 0 saturated carbocycles. The molecule has 0 spiro atoms. The molecule has 0 aliphatic carbocycles. The highest BCUT2D eigenvalue weighted by molar-refractivity contribution is 7.87. The average Bonchev–Trinajstić information content (AvgIpc) is 2.72. The van der Waals surface area contributed by atoms with E-state index in [1.54, 1.807) is 36.4 Å². The molecule has 0 fully saturated rings. The summed E-state index contributed by atoms with van der Waals surface area (Å²) in [6.45, 7) is 0.501. The lowest BCUT2D eigenvalue weighted by molar-refractivity contribution is -0.120. The van der Waals surface area contributed by atoms with Gasteiger partial charge in [-0.25, -0.2) is 0 Å². The lowest BCUT2D eigenvalue weighted by Crippen LogP contribution is -2.38. The van der Waals surface area contributed by atoms with Crippen molar-refractivity contribution in [3.8, 4) is 5.75 Å². The lowest BCUT2D eigenvalue weighted by Gasteiger charge is -2.26. The van der Waals surface area contributed by atoms with Crippen LogP contribution >= 0.6 is 0 Å². The fourth-order valence-corrected chi connectivity index (χ4v) is 5.11. The number of carbonyl (C=O) groups is 1. The summed E-state index contributed by atoms with van der Waals surface area (Å²) in [5, 5.41) is 4.46. The van der Waals surface area contributed by atoms with Crippen LogP contribution in [0.3, 0.4) is 0 Å². The molecule has 4 rings (SSSR count). The van der Waals surface area contributed by atoms with Crippen molar-refractivity contribution in [1.29, 1.82) is 0 Å². The average molecular weight is 426 g/mol. The Kier molecular flexibility index (Phi) is 5.13. The number of nitrogens with zero attached hydrogens (tertiary/aromatic N) is 1. The molecule has 30 heavy (non-hydrogen) atoms. The minimum atomic E-state index is -4.11. The van der Waals surface area contributed by atoms with Gasteiger partial charge in [-0.15, -0.1) is 0 Å². The predicted molar refractivity (Wildman–Crippen MR) is 116 cm³/mol. The summed E-state index contributed by atoms with van der Waals surface area (Å²) in [7, 11) is -0.291. The van der Waals surface area contributed by atoms with E-state index in [-0.39, 0.29) is 10.6 Å². The third-order valence-electron chi connectivity index (χ3n) is 5.30. The largest absolute Gasteiger partial charge is 0.379 e. The second-order valence-corrected chi connectivity index (χ2v) is 8.94. The van der Waals surface area contributed by atoms with Gasteiger partial charge in [0.2, 0.25) is 5.91 Å². The number of nitrogens with one attached hydrogen (secondary N) is 1. The summed E-state index contributed by atoms with van der Waals surface area (Å²) in [5.41, 5.74) is 7.73. The van der Waals surface area contributed by atoms with Gasteiger partial charge in [0.25, 0.3) is 0 Å². The molecule has 8 heteroatoms. The lowest BCUT2D eigenvalue weighted by atomic mass is 9.93. The van der Waals surface area contributed by atoms with Crippen LogP contribution in [0.4, 0.5) is 5.69 Å². The van der Waals surface area contributed by atoms with Crippen LogP contribution in [0.15, 0.2) is 59.5 Å². The SMILES string of the molecule is CN(C)c1cccc2c(S(=O)(=O)Oc3cccc4c3CCNC4C(N)=O)cccc12. The summed E-state index contributed by atoms with van der Waals surface area (Å²) in [6.07, 6.45) is 0.533. The van der Waals surface area contributed by atoms with Crippen molar-refractivity contribution in [2.24, 2.45) is 5.73 Å². The predicted octanol–water partition coefficient (Wildman–Crippen LogP) is 2.35. The molecule has 0 radical (unpaired) electrons. The van der Waals surface area contributed by atoms with Gasteiger partial charge in [-0.05, 0) is 30.2 Å². The standard InChI is InChI=1S/C22H23N3O4S/c1-25(2)18-9-3-7-16-14(18)6-5-11-20(16)30(27,28)29-19-10-4-8-17-15(19)12-13-24-21(17)22(23)26/h3-11,21,24H,12-13H2,1-2H3,(H2,23,26). The zero-order chi connectivity index (χ0) is 21.5. The normalized spacial score (nSPS) is 16.1. The van der Waals surface area contributed by atoms with Crippen molar-refractivity contribution in [2.45, 2.75) is 17.4 Å². The van der Waals surface area contributed by atoms with Crippen LogP contribution in [0.1, 0.15) is 17.2 Å². The smallest absolute Gasteiger partial charge is 0.339 e. The Labute approximate surface area is 175 Å². The monoisotopic (exact) mass is 425 g/mol. The Morgan fingerprint density at radius 1 is 1.07 bits per heavy atom. The number of carbonyl (C=O) groups excluding carboxylic acids is 1. The molecule has 156 valence electrons. The number of hydrogen-bond donors (Lipinski definition) is 2. The summed E-state index contributed by atoms with van der Waals surface area (Å²) in [6, 6.07) is 15.0. The molecule has 3 N–H and O–H groups in total. The molecule has 7 nitrogen and oxygen atoms in total.